The number of imide groups is 1. The number of hydrogen-bond acceptors (Lipinski definition) is 5. The van der Waals surface area contributed by atoms with E-state index in [1.807, 2.05) is 48.5 Å². The van der Waals surface area contributed by atoms with Gasteiger partial charge >= 0.3 is 0 Å². The van der Waals surface area contributed by atoms with Crippen LogP contribution in [0.1, 0.15) is 30.4 Å². The fourth-order valence-electron chi connectivity index (χ4n) is 6.80. The van der Waals surface area contributed by atoms with Gasteiger partial charge in [0, 0.05) is 25.5 Å². The fraction of sp³-hybridized carbons (Fsp3) is 0.333. The molecule has 0 spiro atoms. The summed E-state index contributed by atoms with van der Waals surface area (Å²) in [6, 6.07) is 21.9. The minimum Gasteiger partial charge on any atom is -0.507 e. The Morgan fingerprint density at radius 2 is 1.74 bits per heavy atom. The van der Waals surface area contributed by atoms with Crippen LogP contribution in [0.4, 0.5) is 0 Å². The van der Waals surface area contributed by atoms with Crippen molar-refractivity contribution in [3.8, 4) is 5.75 Å². The summed E-state index contributed by atoms with van der Waals surface area (Å²) in [7, 11) is 3.27. The Kier molecular flexibility index (Phi) is 6.83. The molecule has 4 atom stereocenters. The van der Waals surface area contributed by atoms with E-state index in [9.17, 15) is 14.7 Å². The van der Waals surface area contributed by atoms with Gasteiger partial charge in [-0.05, 0) is 58.6 Å². The third-order valence-corrected chi connectivity index (χ3v) is 8.63. The molecule has 1 aliphatic carbocycles. The average molecular weight is 524 g/mol. The number of carbonyl (C=O) groups is 2. The summed E-state index contributed by atoms with van der Waals surface area (Å²) in [4.78, 5) is 27.1. The molecule has 1 N–H and O–H groups in total. The van der Waals surface area contributed by atoms with E-state index >= 15 is 0 Å². The van der Waals surface area contributed by atoms with Crippen LogP contribution in [-0.4, -0.2) is 55.3 Å². The highest BCUT2D eigenvalue weighted by molar-refractivity contribution is 6.05. The van der Waals surface area contributed by atoms with Crippen LogP contribution in [0.3, 0.4) is 0 Å². The van der Waals surface area contributed by atoms with Crippen LogP contribution in [0.2, 0.25) is 0 Å². The lowest BCUT2D eigenvalue weighted by molar-refractivity contribution is -0.138. The molecule has 2 heterocycles. The Morgan fingerprint density at radius 1 is 1.00 bits per heavy atom. The quantitative estimate of drug-likeness (QED) is 0.253. The monoisotopic (exact) mass is 523 g/mol. The zero-order chi connectivity index (χ0) is 27.1. The highest BCUT2D eigenvalue weighted by Crippen LogP contribution is 2.49. The third kappa shape index (κ3) is 4.48. The number of ether oxygens (including phenoxy) is 2. The lowest BCUT2D eigenvalue weighted by atomic mass is 9.69. The van der Waals surface area contributed by atoms with E-state index in [1.165, 1.54) is 10.5 Å². The molecule has 6 heteroatoms. The number of methoxy groups -OCH3 is 1. The molecule has 0 unspecified atom stereocenters. The van der Waals surface area contributed by atoms with E-state index in [0.717, 1.165) is 45.9 Å². The van der Waals surface area contributed by atoms with E-state index in [-0.39, 0.29) is 41.4 Å². The lowest BCUT2D eigenvalue weighted by Gasteiger charge is -2.31. The van der Waals surface area contributed by atoms with Crippen molar-refractivity contribution in [2.75, 3.05) is 27.4 Å². The second-order valence-corrected chi connectivity index (χ2v) is 10.8. The van der Waals surface area contributed by atoms with Crippen LogP contribution in [0, 0.1) is 17.8 Å². The minimum atomic E-state index is -0.337. The van der Waals surface area contributed by atoms with Crippen LogP contribution < -0.4 is 0 Å². The van der Waals surface area contributed by atoms with Crippen molar-refractivity contribution in [1.82, 2.24) is 4.90 Å². The molecule has 0 bridgehead atoms. The summed E-state index contributed by atoms with van der Waals surface area (Å²) in [5, 5.41) is 12.2. The number of benzene rings is 3. The Hall–Kier alpha value is -3.74. The summed E-state index contributed by atoms with van der Waals surface area (Å²) in [6.45, 7) is 0.898. The van der Waals surface area contributed by atoms with Crippen LogP contribution in [0.5, 0.6) is 5.75 Å². The maximum atomic E-state index is 13.0. The maximum absolute atomic E-state index is 13.0. The second kappa shape index (κ2) is 10.4. The van der Waals surface area contributed by atoms with Gasteiger partial charge in [0.25, 0.3) is 0 Å². The Labute approximate surface area is 228 Å². The maximum Gasteiger partial charge on any atom is 0.233 e. The van der Waals surface area contributed by atoms with Crippen molar-refractivity contribution in [2.24, 2.45) is 17.8 Å². The molecule has 2 amide bonds. The van der Waals surface area contributed by atoms with Gasteiger partial charge in [-0.25, -0.2) is 0 Å². The number of fused-ring (bicyclic) bond motifs is 4. The molecule has 2 aliphatic heterocycles. The Balaban J connectivity index is 1.33. The number of likely N-dealkylation sites (tertiary alicyclic amines) is 1. The molecule has 3 aromatic carbocycles. The minimum absolute atomic E-state index is 0.0782. The summed E-state index contributed by atoms with van der Waals surface area (Å²) in [6.07, 6.45) is 4.16. The number of carbonyl (C=O) groups excluding carboxylic acids is 2. The first kappa shape index (κ1) is 25.5. The smallest absolute Gasteiger partial charge is 0.233 e. The highest BCUT2D eigenvalue weighted by atomic mass is 16.5. The molecule has 200 valence electrons. The van der Waals surface area contributed by atoms with Gasteiger partial charge in [-0.2, -0.15) is 0 Å². The van der Waals surface area contributed by atoms with E-state index in [1.54, 1.807) is 20.2 Å². The lowest BCUT2D eigenvalue weighted by Crippen LogP contribution is -2.34. The first-order valence-corrected chi connectivity index (χ1v) is 13.6. The second-order valence-electron chi connectivity index (χ2n) is 10.8. The third-order valence-electron chi connectivity index (χ3n) is 8.63. The molecule has 3 aromatic rings. The Morgan fingerprint density at radius 3 is 2.51 bits per heavy atom. The zero-order valence-electron chi connectivity index (χ0n) is 22.3. The molecular formula is C33H33NO5. The van der Waals surface area contributed by atoms with E-state index < -0.39 is 0 Å². The van der Waals surface area contributed by atoms with Crippen molar-refractivity contribution >= 4 is 34.2 Å². The molecule has 0 saturated carbocycles. The van der Waals surface area contributed by atoms with Gasteiger partial charge in [-0.15, -0.1) is 0 Å². The molecule has 0 aromatic heterocycles. The molecular weight excluding hydrogens is 490 g/mol. The Bertz CT molecular complexity index is 1490. The van der Waals surface area contributed by atoms with Crippen LogP contribution >= 0.6 is 0 Å². The first-order chi connectivity index (χ1) is 19.0. The zero-order valence-corrected chi connectivity index (χ0v) is 22.3. The van der Waals surface area contributed by atoms with E-state index in [0.29, 0.717) is 19.6 Å². The SMILES string of the molecule is COCC1=C2[C@@H](CC/C(=C/c3ccc(O)c4ccccc34)c3ccccc3)OC[C@@H]2[C@@H]2C(=O)N(C)C(=O)[C@@H]2C1. The van der Waals surface area contributed by atoms with Crippen LogP contribution in [0.25, 0.3) is 22.4 Å². The van der Waals surface area contributed by atoms with E-state index in [2.05, 4.69) is 18.2 Å². The van der Waals surface area contributed by atoms with Gasteiger partial charge in [0.15, 0.2) is 0 Å². The molecule has 6 nitrogen and oxygen atoms in total. The van der Waals surface area contributed by atoms with Gasteiger partial charge in [0.2, 0.25) is 11.8 Å². The predicted octanol–water partition coefficient (Wildman–Crippen LogP) is 5.46. The fourth-order valence-corrected chi connectivity index (χ4v) is 6.80. The predicted molar refractivity (Wildman–Crippen MR) is 151 cm³/mol. The number of phenols is 1. The van der Waals surface area contributed by atoms with Gasteiger partial charge < -0.3 is 14.6 Å². The number of nitrogens with zero attached hydrogens (tertiary/aromatic N) is 1. The van der Waals surface area contributed by atoms with Gasteiger partial charge in [-0.1, -0.05) is 66.7 Å². The van der Waals surface area contributed by atoms with Crippen LogP contribution in [0.15, 0.2) is 77.9 Å². The topological polar surface area (TPSA) is 76.1 Å². The van der Waals surface area contributed by atoms with Crippen molar-refractivity contribution in [1.29, 1.82) is 0 Å². The molecule has 2 saturated heterocycles. The summed E-state index contributed by atoms with van der Waals surface area (Å²) < 4.78 is 11.9. The molecule has 6 rings (SSSR count). The van der Waals surface area contributed by atoms with Crippen molar-refractivity contribution < 1.29 is 24.2 Å². The largest absolute Gasteiger partial charge is 0.507 e. The van der Waals surface area contributed by atoms with Gasteiger partial charge in [-0.3, -0.25) is 14.5 Å². The van der Waals surface area contributed by atoms with Crippen molar-refractivity contribution in [3.05, 3.63) is 89.0 Å². The first-order valence-electron chi connectivity index (χ1n) is 13.6. The number of aromatic hydroxyl groups is 1. The van der Waals surface area contributed by atoms with Crippen molar-refractivity contribution in [2.45, 2.75) is 25.4 Å². The summed E-state index contributed by atoms with van der Waals surface area (Å²) in [5.74, 6) is -0.630. The van der Waals surface area contributed by atoms with E-state index in [4.69, 9.17) is 9.47 Å². The summed E-state index contributed by atoms with van der Waals surface area (Å²) in [5.41, 5.74) is 5.63. The summed E-state index contributed by atoms with van der Waals surface area (Å²) >= 11 is 0. The number of hydrogen-bond donors (Lipinski definition) is 1. The number of amides is 2. The number of allylic oxidation sites excluding steroid dienone is 1. The van der Waals surface area contributed by atoms with Gasteiger partial charge in [0.05, 0.1) is 31.2 Å². The highest BCUT2D eigenvalue weighted by Gasteiger charge is 2.56. The molecule has 0 radical (unpaired) electrons. The molecule has 3 aliphatic rings. The number of rotatable bonds is 7. The standard InChI is InChI=1S/C33H33NO5/c1-34-32(36)26-17-23(18-38-2)30-27(31(26)33(34)37)19-39-29(30)15-13-21(20-8-4-3-5-9-20)16-22-12-14-28(35)25-11-7-6-10-24(22)25/h3-12,14,16,26-27,29,31,35H,13,15,17-19H2,1-2H3/b21-16-/t26-,27+,29-,31-/m1/s1. The van der Waals surface area contributed by atoms with Crippen LogP contribution in [-0.2, 0) is 19.1 Å². The van der Waals surface area contributed by atoms with Gasteiger partial charge in [0.1, 0.15) is 5.75 Å². The number of phenolic OH excluding ortho intramolecular Hbond substituents is 1. The molecule has 2 fully saturated rings. The normalized spacial score (nSPS) is 25.0. The molecule has 39 heavy (non-hydrogen) atoms. The average Bonchev–Trinajstić information content (AvgIpc) is 3.48. The van der Waals surface area contributed by atoms with Crippen molar-refractivity contribution in [3.63, 3.8) is 0 Å².